The lowest BCUT2D eigenvalue weighted by molar-refractivity contribution is -0.181. The van der Waals surface area contributed by atoms with Crippen LogP contribution in [0.15, 0.2) is 54.9 Å². The molecule has 1 spiro atoms. The number of ether oxygens (including phenoxy) is 1. The number of imidazole rings is 1. The van der Waals surface area contributed by atoms with Crippen LogP contribution in [0.25, 0.3) is 5.65 Å². The largest absolute Gasteiger partial charge is 0.393 e. The lowest BCUT2D eigenvalue weighted by Gasteiger charge is -2.48. The van der Waals surface area contributed by atoms with Crippen molar-refractivity contribution in [2.45, 2.75) is 43.5 Å². The normalized spacial score (nSPS) is 24.1. The first-order chi connectivity index (χ1) is 14.1. The molecule has 1 amide bonds. The molecule has 2 aliphatic rings. The summed E-state index contributed by atoms with van der Waals surface area (Å²) in [6.45, 7) is 1.18. The first-order valence-electron chi connectivity index (χ1n) is 10.1. The molecule has 0 unspecified atom stereocenters. The van der Waals surface area contributed by atoms with E-state index in [1.165, 1.54) is 0 Å². The second kappa shape index (κ2) is 7.24. The Kier molecular flexibility index (Phi) is 4.56. The number of carbonyl (C=O) groups excluding carboxylic acids is 1. The predicted octanol–water partition coefficient (Wildman–Crippen LogP) is 2.62. The molecule has 0 aliphatic carbocycles. The zero-order valence-electron chi connectivity index (χ0n) is 16.1. The molecule has 150 valence electrons. The van der Waals surface area contributed by atoms with Gasteiger partial charge in [0.2, 0.25) is 0 Å². The van der Waals surface area contributed by atoms with Crippen molar-refractivity contribution in [1.82, 2.24) is 19.5 Å². The highest BCUT2D eigenvalue weighted by Gasteiger charge is 2.44. The molecule has 2 atom stereocenters. The molecular weight excluding hydrogens is 368 g/mol. The summed E-state index contributed by atoms with van der Waals surface area (Å²) in [4.78, 5) is 19.1. The zero-order chi connectivity index (χ0) is 19.8. The van der Waals surface area contributed by atoms with E-state index in [4.69, 9.17) is 4.74 Å². The second-order valence-electron chi connectivity index (χ2n) is 8.02. The molecule has 1 N–H and O–H groups in total. The fourth-order valence-corrected chi connectivity index (χ4v) is 4.61. The molecule has 0 radical (unpaired) electrons. The number of carbonyl (C=O) groups is 1. The summed E-state index contributed by atoms with van der Waals surface area (Å²) < 4.78 is 8.11. The molecule has 7 nitrogen and oxygen atoms in total. The highest BCUT2D eigenvalue weighted by molar-refractivity contribution is 5.93. The number of aromatic nitrogens is 3. The van der Waals surface area contributed by atoms with Crippen LogP contribution in [0.3, 0.4) is 0 Å². The minimum Gasteiger partial charge on any atom is -0.393 e. The first kappa shape index (κ1) is 18.3. The number of piperidine rings is 1. The topological polar surface area (TPSA) is 80.0 Å². The van der Waals surface area contributed by atoms with Crippen LogP contribution >= 0.6 is 0 Å². The standard InChI is InChI=1S/C22H24N4O3/c27-17-13-19(16-5-2-1-3-6-16)29-22(14-17)8-11-25(12-9-22)21(28)18-15-23-20-7-4-10-24-26(18)20/h1-7,10,15,17,19,27H,8-9,11-14H2/t17-,19-/m1/s1. The van der Waals surface area contributed by atoms with E-state index in [1.807, 2.05) is 41.3 Å². The van der Waals surface area contributed by atoms with Crippen molar-refractivity contribution in [1.29, 1.82) is 0 Å². The lowest BCUT2D eigenvalue weighted by Crippen LogP contribution is -2.52. The van der Waals surface area contributed by atoms with E-state index in [9.17, 15) is 9.90 Å². The number of benzene rings is 1. The maximum Gasteiger partial charge on any atom is 0.274 e. The SMILES string of the molecule is O=C(c1cnc2cccnn12)N1CCC2(CC1)C[C@H](O)C[C@H](c1ccccc1)O2. The van der Waals surface area contributed by atoms with Gasteiger partial charge in [0, 0.05) is 32.1 Å². The van der Waals surface area contributed by atoms with Crippen molar-refractivity contribution < 1.29 is 14.6 Å². The Balaban J connectivity index is 1.31. The monoisotopic (exact) mass is 392 g/mol. The maximum absolute atomic E-state index is 13.0. The highest BCUT2D eigenvalue weighted by Crippen LogP contribution is 2.43. The smallest absolute Gasteiger partial charge is 0.274 e. The second-order valence-corrected chi connectivity index (χ2v) is 8.02. The third-order valence-corrected chi connectivity index (χ3v) is 6.12. The van der Waals surface area contributed by atoms with Crippen molar-refractivity contribution in [2.75, 3.05) is 13.1 Å². The summed E-state index contributed by atoms with van der Waals surface area (Å²) >= 11 is 0. The van der Waals surface area contributed by atoms with Crippen molar-refractivity contribution in [3.63, 3.8) is 0 Å². The number of fused-ring (bicyclic) bond motifs is 1. The van der Waals surface area contributed by atoms with Gasteiger partial charge in [0.15, 0.2) is 11.3 Å². The van der Waals surface area contributed by atoms with Gasteiger partial charge in [0.05, 0.1) is 24.0 Å². The number of rotatable bonds is 2. The summed E-state index contributed by atoms with van der Waals surface area (Å²) in [6, 6.07) is 13.7. The molecule has 2 fully saturated rings. The van der Waals surface area contributed by atoms with Crippen molar-refractivity contribution in [3.8, 4) is 0 Å². The fraction of sp³-hybridized carbons (Fsp3) is 0.409. The third kappa shape index (κ3) is 3.41. The van der Waals surface area contributed by atoms with E-state index in [0.717, 1.165) is 5.56 Å². The van der Waals surface area contributed by atoms with E-state index in [0.29, 0.717) is 50.1 Å². The van der Waals surface area contributed by atoms with Gasteiger partial charge in [-0.15, -0.1) is 0 Å². The third-order valence-electron chi connectivity index (χ3n) is 6.12. The molecule has 0 bridgehead atoms. The minimum atomic E-state index is -0.390. The van der Waals surface area contributed by atoms with Crippen molar-refractivity contribution in [2.24, 2.45) is 0 Å². The quantitative estimate of drug-likeness (QED) is 0.725. The summed E-state index contributed by atoms with van der Waals surface area (Å²) in [5.74, 6) is -0.0676. The number of likely N-dealkylation sites (tertiary alicyclic amines) is 1. The molecule has 7 heteroatoms. The molecule has 4 heterocycles. The molecule has 2 saturated heterocycles. The number of amides is 1. The fourth-order valence-electron chi connectivity index (χ4n) is 4.61. The lowest BCUT2D eigenvalue weighted by atomic mass is 9.81. The number of hydrogen-bond donors (Lipinski definition) is 1. The van der Waals surface area contributed by atoms with Gasteiger partial charge in [-0.2, -0.15) is 5.10 Å². The number of aliphatic hydroxyl groups is 1. The average molecular weight is 392 g/mol. The van der Waals surface area contributed by atoms with Crippen LogP contribution < -0.4 is 0 Å². The van der Waals surface area contributed by atoms with Gasteiger partial charge in [-0.3, -0.25) is 4.79 Å². The summed E-state index contributed by atoms with van der Waals surface area (Å²) in [5.41, 5.74) is 1.85. The first-order valence-corrected chi connectivity index (χ1v) is 10.1. The summed E-state index contributed by atoms with van der Waals surface area (Å²) in [6.07, 6.45) is 5.40. The van der Waals surface area contributed by atoms with E-state index >= 15 is 0 Å². The van der Waals surface area contributed by atoms with Gasteiger partial charge in [0.1, 0.15) is 0 Å². The van der Waals surface area contributed by atoms with Crippen LogP contribution in [0.5, 0.6) is 0 Å². The predicted molar refractivity (Wildman–Crippen MR) is 106 cm³/mol. The Labute approximate surface area is 168 Å². The zero-order valence-corrected chi connectivity index (χ0v) is 16.1. The van der Waals surface area contributed by atoms with Crippen LogP contribution in [0.2, 0.25) is 0 Å². The Morgan fingerprint density at radius 2 is 1.93 bits per heavy atom. The van der Waals surface area contributed by atoms with Gasteiger partial charge in [0.25, 0.3) is 5.91 Å². The Hall–Kier alpha value is -2.77. The van der Waals surface area contributed by atoms with Crippen LogP contribution in [0, 0.1) is 0 Å². The van der Waals surface area contributed by atoms with Gasteiger partial charge in [-0.1, -0.05) is 30.3 Å². The molecule has 0 saturated carbocycles. The van der Waals surface area contributed by atoms with E-state index in [-0.39, 0.29) is 23.7 Å². The summed E-state index contributed by atoms with van der Waals surface area (Å²) in [7, 11) is 0. The number of aliphatic hydroxyl groups excluding tert-OH is 1. The average Bonchev–Trinajstić information content (AvgIpc) is 3.18. The van der Waals surface area contributed by atoms with Crippen molar-refractivity contribution in [3.05, 3.63) is 66.1 Å². The molecule has 2 aliphatic heterocycles. The van der Waals surface area contributed by atoms with Crippen LogP contribution in [-0.4, -0.2) is 55.3 Å². The molecule has 1 aromatic carbocycles. The minimum absolute atomic E-state index is 0.0676. The molecule has 2 aromatic heterocycles. The van der Waals surface area contributed by atoms with Crippen LogP contribution in [0.1, 0.15) is 47.8 Å². The number of nitrogens with zero attached hydrogens (tertiary/aromatic N) is 4. The Bertz CT molecular complexity index is 1010. The summed E-state index contributed by atoms with van der Waals surface area (Å²) in [5, 5.41) is 14.8. The molecular formula is C22H24N4O3. The highest BCUT2D eigenvalue weighted by atomic mass is 16.5. The van der Waals surface area contributed by atoms with Gasteiger partial charge < -0.3 is 14.7 Å². The Morgan fingerprint density at radius 3 is 2.72 bits per heavy atom. The number of hydrogen-bond acceptors (Lipinski definition) is 5. The Morgan fingerprint density at radius 1 is 1.14 bits per heavy atom. The maximum atomic E-state index is 13.0. The van der Waals surface area contributed by atoms with Crippen LogP contribution in [-0.2, 0) is 4.74 Å². The van der Waals surface area contributed by atoms with Gasteiger partial charge in [-0.05, 0) is 30.5 Å². The van der Waals surface area contributed by atoms with Gasteiger partial charge in [-0.25, -0.2) is 9.50 Å². The van der Waals surface area contributed by atoms with Crippen molar-refractivity contribution >= 4 is 11.6 Å². The van der Waals surface area contributed by atoms with E-state index in [1.54, 1.807) is 23.0 Å². The molecule has 5 rings (SSSR count). The van der Waals surface area contributed by atoms with E-state index < -0.39 is 0 Å². The van der Waals surface area contributed by atoms with Crippen LogP contribution in [0.4, 0.5) is 0 Å². The molecule has 29 heavy (non-hydrogen) atoms. The molecule has 3 aromatic rings. The van der Waals surface area contributed by atoms with E-state index in [2.05, 4.69) is 10.1 Å². The van der Waals surface area contributed by atoms with Gasteiger partial charge >= 0.3 is 0 Å².